The van der Waals surface area contributed by atoms with Crippen LogP contribution in [0.3, 0.4) is 0 Å². The Hall–Kier alpha value is -1.59. The number of sulfonamides is 2. The van der Waals surface area contributed by atoms with Crippen molar-refractivity contribution >= 4 is 30.8 Å². The highest BCUT2D eigenvalue weighted by Gasteiger charge is 2.25. The first kappa shape index (κ1) is 20.7. The summed E-state index contributed by atoms with van der Waals surface area (Å²) in [7, 11) is -6.35. The van der Waals surface area contributed by atoms with Crippen LogP contribution in [-0.4, -0.2) is 64.3 Å². The zero-order chi connectivity index (χ0) is 19.5. The monoisotopic (exact) mass is 400 g/mol. The van der Waals surface area contributed by atoms with Crippen molar-refractivity contribution in [3.63, 3.8) is 0 Å². The molecule has 2 aromatic rings. The molecule has 1 aromatic heterocycles. The summed E-state index contributed by atoms with van der Waals surface area (Å²) in [6, 6.07) is 5.93. The molecule has 1 aromatic carbocycles. The van der Waals surface area contributed by atoms with Crippen LogP contribution in [0, 0.1) is 0 Å². The zero-order valence-electron chi connectivity index (χ0n) is 15.1. The van der Waals surface area contributed by atoms with Gasteiger partial charge in [-0.1, -0.05) is 26.0 Å². The average molecular weight is 401 g/mol. The van der Waals surface area contributed by atoms with Crippen LogP contribution < -0.4 is 5.14 Å². The molecule has 0 unspecified atom stereocenters. The fraction of sp³-hybridized carbons (Fsp3) is 0.438. The van der Waals surface area contributed by atoms with E-state index in [0.29, 0.717) is 13.1 Å². The van der Waals surface area contributed by atoms with Crippen LogP contribution >= 0.6 is 0 Å². The Labute approximate surface area is 154 Å². The highest BCUT2D eigenvalue weighted by molar-refractivity contribution is 7.89. The lowest BCUT2D eigenvalue weighted by molar-refractivity contribution is 0.282. The van der Waals surface area contributed by atoms with Gasteiger partial charge in [-0.05, 0) is 25.2 Å². The van der Waals surface area contributed by atoms with E-state index >= 15 is 0 Å². The quantitative estimate of drug-likeness (QED) is 0.702. The van der Waals surface area contributed by atoms with Crippen molar-refractivity contribution in [3.05, 3.63) is 30.5 Å². The largest absolute Gasteiger partial charge is 0.303 e. The van der Waals surface area contributed by atoms with Crippen LogP contribution in [0.5, 0.6) is 0 Å². The molecule has 0 aliphatic carbocycles. The molecule has 1 heterocycles. The molecular weight excluding hydrogens is 376 g/mol. The van der Waals surface area contributed by atoms with E-state index in [1.54, 1.807) is 0 Å². The minimum Gasteiger partial charge on any atom is -0.303 e. The maximum atomic E-state index is 13.0. The first-order valence-corrected chi connectivity index (χ1v) is 11.2. The second kappa shape index (κ2) is 7.97. The number of hydrogen-bond acceptors (Lipinski definition) is 6. The molecule has 0 aliphatic heterocycles. The van der Waals surface area contributed by atoms with Gasteiger partial charge >= 0.3 is 0 Å². The number of fused-ring (bicyclic) bond motifs is 1. The van der Waals surface area contributed by atoms with Gasteiger partial charge in [-0.15, -0.1) is 0 Å². The third kappa shape index (κ3) is 4.21. The van der Waals surface area contributed by atoms with Crippen molar-refractivity contribution in [1.29, 1.82) is 0 Å². The van der Waals surface area contributed by atoms with Gasteiger partial charge in [0.2, 0.25) is 10.0 Å². The van der Waals surface area contributed by atoms with Crippen LogP contribution in [0.4, 0.5) is 0 Å². The van der Waals surface area contributed by atoms with Gasteiger partial charge in [0.05, 0.1) is 4.90 Å². The van der Waals surface area contributed by atoms with E-state index in [4.69, 9.17) is 5.14 Å². The fourth-order valence-corrected chi connectivity index (χ4v) is 4.77. The predicted octanol–water partition coefficient (Wildman–Crippen LogP) is 0.845. The average Bonchev–Trinajstić information content (AvgIpc) is 2.60. The van der Waals surface area contributed by atoms with E-state index in [2.05, 4.69) is 9.88 Å². The molecule has 0 atom stereocenters. The molecule has 144 valence electrons. The summed E-state index contributed by atoms with van der Waals surface area (Å²) in [6.07, 6.45) is 1.25. The first-order chi connectivity index (χ1) is 12.1. The van der Waals surface area contributed by atoms with Crippen LogP contribution in [0.2, 0.25) is 0 Å². The molecule has 0 aliphatic rings. The van der Waals surface area contributed by atoms with Crippen molar-refractivity contribution in [3.8, 4) is 0 Å². The summed E-state index contributed by atoms with van der Waals surface area (Å²) in [5.41, 5.74) is 0. The van der Waals surface area contributed by atoms with E-state index in [1.165, 1.54) is 41.8 Å². The topological polar surface area (TPSA) is 114 Å². The predicted molar refractivity (Wildman–Crippen MR) is 101 cm³/mol. The molecule has 0 spiro atoms. The molecule has 0 saturated heterocycles. The summed E-state index contributed by atoms with van der Waals surface area (Å²) in [6.45, 7) is 6.64. The SMILES string of the molecule is CCN(CC)CCN(C)S(=O)(=O)c1cccc2c(S(N)(=O)=O)nccc12. The second-order valence-corrected chi connectivity index (χ2v) is 9.36. The molecule has 2 N–H and O–H groups in total. The molecule has 0 radical (unpaired) electrons. The molecule has 10 heteroatoms. The summed E-state index contributed by atoms with van der Waals surface area (Å²) < 4.78 is 50.8. The number of nitrogens with two attached hydrogens (primary N) is 1. The Bertz CT molecular complexity index is 986. The van der Waals surface area contributed by atoms with E-state index in [-0.39, 0.29) is 20.7 Å². The van der Waals surface area contributed by atoms with Gasteiger partial charge in [-0.25, -0.2) is 27.0 Å². The van der Waals surface area contributed by atoms with Gasteiger partial charge in [-0.3, -0.25) is 0 Å². The van der Waals surface area contributed by atoms with Crippen molar-refractivity contribution in [2.45, 2.75) is 23.8 Å². The highest BCUT2D eigenvalue weighted by atomic mass is 32.2. The highest BCUT2D eigenvalue weighted by Crippen LogP contribution is 2.28. The number of likely N-dealkylation sites (N-methyl/N-ethyl adjacent to an activating group) is 2. The molecule has 0 bridgehead atoms. The van der Waals surface area contributed by atoms with Gasteiger partial charge in [0, 0.05) is 37.1 Å². The lowest BCUT2D eigenvalue weighted by Gasteiger charge is -2.23. The lowest BCUT2D eigenvalue weighted by atomic mass is 10.2. The number of hydrogen-bond donors (Lipinski definition) is 1. The maximum Gasteiger partial charge on any atom is 0.256 e. The van der Waals surface area contributed by atoms with Crippen molar-refractivity contribution in [2.24, 2.45) is 5.14 Å². The van der Waals surface area contributed by atoms with E-state index in [9.17, 15) is 16.8 Å². The Morgan fingerprint density at radius 3 is 2.23 bits per heavy atom. The smallest absolute Gasteiger partial charge is 0.256 e. The molecule has 8 nitrogen and oxygen atoms in total. The first-order valence-electron chi connectivity index (χ1n) is 8.22. The van der Waals surface area contributed by atoms with Gasteiger partial charge < -0.3 is 4.90 Å². The molecule has 0 fully saturated rings. The molecular formula is C16H24N4O4S2. The summed E-state index contributed by atoms with van der Waals surface area (Å²) in [5.74, 6) is 0. The Morgan fingerprint density at radius 1 is 1.00 bits per heavy atom. The fourth-order valence-electron chi connectivity index (χ4n) is 2.71. The zero-order valence-corrected chi connectivity index (χ0v) is 16.7. The summed E-state index contributed by atoms with van der Waals surface area (Å²) in [4.78, 5) is 5.95. The summed E-state index contributed by atoms with van der Waals surface area (Å²) in [5, 5.41) is 5.33. The number of primary sulfonamides is 1. The van der Waals surface area contributed by atoms with Gasteiger partial charge in [0.15, 0.2) is 5.03 Å². The number of pyridine rings is 1. The van der Waals surface area contributed by atoms with E-state index in [1.807, 2.05) is 13.8 Å². The van der Waals surface area contributed by atoms with E-state index in [0.717, 1.165) is 13.1 Å². The Kier molecular flexibility index (Phi) is 6.35. The third-order valence-corrected chi connectivity index (χ3v) is 7.09. The van der Waals surface area contributed by atoms with Crippen molar-refractivity contribution in [2.75, 3.05) is 33.2 Å². The minimum absolute atomic E-state index is 0.0318. The molecule has 0 amide bonds. The van der Waals surface area contributed by atoms with Gasteiger partial charge in [0.1, 0.15) is 0 Å². The molecule has 0 saturated carbocycles. The minimum atomic E-state index is -4.07. The number of benzene rings is 1. The lowest BCUT2D eigenvalue weighted by Crippen LogP contribution is -2.36. The second-order valence-electron chi connectivity index (χ2n) is 5.87. The molecule has 26 heavy (non-hydrogen) atoms. The standard InChI is InChI=1S/C16H24N4O4S2/c1-4-20(5-2)12-11-19(3)26(23,24)15-8-6-7-14-13(15)9-10-18-16(14)25(17,21)22/h6-10H,4-5,11-12H2,1-3H3,(H2,17,21,22). The van der Waals surface area contributed by atoms with Crippen LogP contribution in [0.25, 0.3) is 10.8 Å². The Morgan fingerprint density at radius 2 is 1.65 bits per heavy atom. The normalized spacial score (nSPS) is 13.0. The van der Waals surface area contributed by atoms with Crippen LogP contribution in [-0.2, 0) is 20.0 Å². The van der Waals surface area contributed by atoms with Gasteiger partial charge in [0.25, 0.3) is 10.0 Å². The van der Waals surface area contributed by atoms with Crippen molar-refractivity contribution < 1.29 is 16.8 Å². The number of rotatable bonds is 8. The number of nitrogens with zero attached hydrogens (tertiary/aromatic N) is 3. The summed E-state index contributed by atoms with van der Waals surface area (Å²) >= 11 is 0. The van der Waals surface area contributed by atoms with Crippen LogP contribution in [0.1, 0.15) is 13.8 Å². The maximum absolute atomic E-state index is 13.0. The van der Waals surface area contributed by atoms with Crippen LogP contribution in [0.15, 0.2) is 40.4 Å². The Balaban J connectivity index is 2.49. The molecule has 2 rings (SSSR count). The number of aromatic nitrogens is 1. The third-order valence-electron chi connectivity index (χ3n) is 4.31. The van der Waals surface area contributed by atoms with E-state index < -0.39 is 20.0 Å². The van der Waals surface area contributed by atoms with Gasteiger partial charge in [-0.2, -0.15) is 4.31 Å². The van der Waals surface area contributed by atoms with Crippen molar-refractivity contribution in [1.82, 2.24) is 14.2 Å².